The lowest BCUT2D eigenvalue weighted by Crippen LogP contribution is -2.25. The number of aromatic nitrogens is 1. The van der Waals surface area contributed by atoms with Gasteiger partial charge in [-0.1, -0.05) is 13.0 Å². The number of nitrogens with zero attached hydrogens (tertiary/aromatic N) is 1. The van der Waals surface area contributed by atoms with Gasteiger partial charge in [0.25, 0.3) is 0 Å². The minimum Gasteiger partial charge on any atom is -0.310 e. The van der Waals surface area contributed by atoms with Gasteiger partial charge < -0.3 is 5.32 Å². The van der Waals surface area contributed by atoms with Gasteiger partial charge in [0.1, 0.15) is 17.5 Å². The number of hydrogen-bond acceptors (Lipinski definition) is 2. The number of likely N-dealkylation sites (N-methyl/N-ethyl adjacent to an activating group) is 1. The van der Waals surface area contributed by atoms with Gasteiger partial charge >= 0.3 is 0 Å². The van der Waals surface area contributed by atoms with Crippen molar-refractivity contribution in [2.45, 2.75) is 19.4 Å². The van der Waals surface area contributed by atoms with Gasteiger partial charge in [-0.05, 0) is 24.6 Å². The quantitative estimate of drug-likeness (QED) is 0.908. The number of rotatable bonds is 5. The van der Waals surface area contributed by atoms with E-state index in [2.05, 4.69) is 10.3 Å². The topological polar surface area (TPSA) is 24.9 Å². The molecule has 0 amide bonds. The normalized spacial score (nSPS) is 12.4. The lowest BCUT2D eigenvalue weighted by molar-refractivity contribution is 0.462. The zero-order valence-corrected chi connectivity index (χ0v) is 11.0. The zero-order chi connectivity index (χ0) is 14.5. The SMILES string of the molecule is CCNC(Cc1cccnc1)c1c(F)cc(F)cc1F. The summed E-state index contributed by atoms with van der Waals surface area (Å²) in [5.74, 6) is -2.67. The van der Waals surface area contributed by atoms with Gasteiger partial charge in [0.05, 0.1) is 0 Å². The van der Waals surface area contributed by atoms with Crippen molar-refractivity contribution < 1.29 is 13.2 Å². The van der Waals surface area contributed by atoms with E-state index in [0.717, 1.165) is 5.56 Å². The minimum atomic E-state index is -0.916. The standard InChI is InChI=1S/C15H15F3N2/c1-2-20-14(6-10-4-3-5-19-9-10)15-12(17)7-11(16)8-13(15)18/h3-5,7-9,14,20H,2,6H2,1H3. The molecule has 0 saturated heterocycles. The molecule has 5 heteroatoms. The molecule has 1 heterocycles. The Kier molecular flexibility index (Phi) is 4.74. The van der Waals surface area contributed by atoms with Crippen molar-refractivity contribution in [1.29, 1.82) is 0 Å². The van der Waals surface area contributed by atoms with Gasteiger partial charge in [0.15, 0.2) is 0 Å². The van der Waals surface area contributed by atoms with Crippen molar-refractivity contribution in [3.63, 3.8) is 0 Å². The molecule has 1 atom stereocenters. The first-order valence-electron chi connectivity index (χ1n) is 6.38. The Balaban J connectivity index is 2.34. The maximum absolute atomic E-state index is 13.9. The average Bonchev–Trinajstić information content (AvgIpc) is 2.39. The molecule has 0 fully saturated rings. The van der Waals surface area contributed by atoms with Crippen molar-refractivity contribution in [3.05, 3.63) is 65.2 Å². The second-order valence-electron chi connectivity index (χ2n) is 4.46. The number of benzene rings is 1. The van der Waals surface area contributed by atoms with E-state index in [1.807, 2.05) is 13.0 Å². The first kappa shape index (κ1) is 14.5. The van der Waals surface area contributed by atoms with Gasteiger partial charge in [-0.2, -0.15) is 0 Å². The van der Waals surface area contributed by atoms with E-state index in [1.54, 1.807) is 18.5 Å². The molecule has 0 radical (unpaired) electrons. The van der Waals surface area contributed by atoms with Crippen LogP contribution >= 0.6 is 0 Å². The molecule has 1 N–H and O–H groups in total. The third kappa shape index (κ3) is 3.36. The first-order chi connectivity index (χ1) is 9.61. The first-order valence-corrected chi connectivity index (χ1v) is 6.38. The summed E-state index contributed by atoms with van der Waals surface area (Å²) in [5.41, 5.74) is 0.707. The molecule has 0 aliphatic carbocycles. The predicted octanol–water partition coefficient (Wildman–Crippen LogP) is 3.39. The van der Waals surface area contributed by atoms with Crippen molar-refractivity contribution >= 4 is 0 Å². The maximum Gasteiger partial charge on any atom is 0.133 e. The van der Waals surface area contributed by atoms with Crippen LogP contribution in [0.5, 0.6) is 0 Å². The molecule has 0 saturated carbocycles. The summed E-state index contributed by atoms with van der Waals surface area (Å²) in [4.78, 5) is 3.98. The fourth-order valence-corrected chi connectivity index (χ4v) is 2.16. The summed E-state index contributed by atoms with van der Waals surface area (Å²) < 4.78 is 40.7. The molecule has 2 rings (SSSR count). The van der Waals surface area contributed by atoms with Crippen molar-refractivity contribution in [1.82, 2.24) is 10.3 Å². The lowest BCUT2D eigenvalue weighted by Gasteiger charge is -2.19. The Labute approximate surface area is 115 Å². The van der Waals surface area contributed by atoms with E-state index < -0.39 is 23.5 Å². The maximum atomic E-state index is 13.9. The third-order valence-corrected chi connectivity index (χ3v) is 3.01. The molecule has 0 aliphatic rings. The largest absolute Gasteiger partial charge is 0.310 e. The monoisotopic (exact) mass is 280 g/mol. The Morgan fingerprint density at radius 2 is 1.90 bits per heavy atom. The van der Waals surface area contributed by atoms with Crippen LogP contribution in [0.3, 0.4) is 0 Å². The van der Waals surface area contributed by atoms with E-state index in [-0.39, 0.29) is 5.56 Å². The number of hydrogen-bond donors (Lipinski definition) is 1. The van der Waals surface area contributed by atoms with Crippen LogP contribution in [0.15, 0.2) is 36.7 Å². The minimum absolute atomic E-state index is 0.142. The summed E-state index contributed by atoms with van der Waals surface area (Å²) in [6, 6.07) is 4.43. The Morgan fingerprint density at radius 1 is 1.20 bits per heavy atom. The Morgan fingerprint density at radius 3 is 2.45 bits per heavy atom. The summed E-state index contributed by atoms with van der Waals surface area (Å²) in [6.45, 7) is 2.39. The fraction of sp³-hybridized carbons (Fsp3) is 0.267. The Hall–Kier alpha value is -1.88. The number of halogens is 3. The van der Waals surface area contributed by atoms with Gasteiger partial charge in [-0.3, -0.25) is 4.98 Å². The highest BCUT2D eigenvalue weighted by Gasteiger charge is 2.21. The number of nitrogens with one attached hydrogen (secondary N) is 1. The van der Waals surface area contributed by atoms with E-state index in [9.17, 15) is 13.2 Å². The van der Waals surface area contributed by atoms with Crippen LogP contribution in [0.25, 0.3) is 0 Å². The van der Waals surface area contributed by atoms with Crippen molar-refractivity contribution in [2.75, 3.05) is 6.54 Å². The molecule has 0 bridgehead atoms. The van der Waals surface area contributed by atoms with Crippen LogP contribution in [0.4, 0.5) is 13.2 Å². The highest BCUT2D eigenvalue weighted by molar-refractivity contribution is 5.26. The molecule has 106 valence electrons. The highest BCUT2D eigenvalue weighted by Crippen LogP contribution is 2.25. The number of pyridine rings is 1. The van der Waals surface area contributed by atoms with E-state index in [4.69, 9.17) is 0 Å². The second kappa shape index (κ2) is 6.52. The van der Waals surface area contributed by atoms with E-state index in [1.165, 1.54) is 0 Å². The summed E-state index contributed by atoms with van der Waals surface area (Å²) in [7, 11) is 0. The molecule has 2 nitrogen and oxygen atoms in total. The molecular weight excluding hydrogens is 265 g/mol. The fourth-order valence-electron chi connectivity index (χ4n) is 2.16. The second-order valence-corrected chi connectivity index (χ2v) is 4.46. The summed E-state index contributed by atoms with van der Waals surface area (Å²) in [6.07, 6.45) is 3.65. The molecular formula is C15H15F3N2. The average molecular weight is 280 g/mol. The van der Waals surface area contributed by atoms with Crippen LogP contribution in [0, 0.1) is 17.5 Å². The van der Waals surface area contributed by atoms with Crippen LogP contribution in [0.2, 0.25) is 0 Å². The van der Waals surface area contributed by atoms with E-state index in [0.29, 0.717) is 25.1 Å². The molecule has 0 spiro atoms. The lowest BCUT2D eigenvalue weighted by atomic mass is 9.98. The van der Waals surface area contributed by atoms with Crippen LogP contribution in [-0.4, -0.2) is 11.5 Å². The smallest absolute Gasteiger partial charge is 0.133 e. The van der Waals surface area contributed by atoms with Crippen LogP contribution in [-0.2, 0) is 6.42 Å². The highest BCUT2D eigenvalue weighted by atomic mass is 19.1. The molecule has 1 unspecified atom stereocenters. The van der Waals surface area contributed by atoms with Crippen LogP contribution < -0.4 is 5.32 Å². The molecule has 2 aromatic rings. The molecule has 0 aliphatic heterocycles. The molecule has 1 aromatic carbocycles. The van der Waals surface area contributed by atoms with E-state index >= 15 is 0 Å². The molecule has 1 aromatic heterocycles. The van der Waals surface area contributed by atoms with Crippen molar-refractivity contribution in [2.24, 2.45) is 0 Å². The van der Waals surface area contributed by atoms with Gasteiger partial charge in [0.2, 0.25) is 0 Å². The van der Waals surface area contributed by atoms with Crippen molar-refractivity contribution in [3.8, 4) is 0 Å². The third-order valence-electron chi connectivity index (χ3n) is 3.01. The van der Waals surface area contributed by atoms with Gasteiger partial charge in [-0.15, -0.1) is 0 Å². The Bertz CT molecular complexity index is 550. The van der Waals surface area contributed by atoms with Gasteiger partial charge in [-0.25, -0.2) is 13.2 Å². The zero-order valence-electron chi connectivity index (χ0n) is 11.0. The molecule has 20 heavy (non-hydrogen) atoms. The summed E-state index contributed by atoms with van der Waals surface area (Å²) in [5, 5.41) is 3.02. The van der Waals surface area contributed by atoms with Crippen LogP contribution in [0.1, 0.15) is 24.1 Å². The predicted molar refractivity (Wildman–Crippen MR) is 70.7 cm³/mol. The van der Waals surface area contributed by atoms with Gasteiger partial charge in [0, 0.05) is 36.1 Å². The summed E-state index contributed by atoms with van der Waals surface area (Å²) >= 11 is 0.